The maximum atomic E-state index is 12.5. The minimum Gasteiger partial charge on any atom is -0.468 e. The van der Waals surface area contributed by atoms with Crippen molar-refractivity contribution < 1.29 is 19.1 Å². The fourth-order valence-corrected chi connectivity index (χ4v) is 4.37. The number of nitrogens with zero attached hydrogens (tertiary/aromatic N) is 1. The van der Waals surface area contributed by atoms with E-state index in [0.717, 1.165) is 17.5 Å². The van der Waals surface area contributed by atoms with Gasteiger partial charge in [-0.15, -0.1) is 11.3 Å². The van der Waals surface area contributed by atoms with Crippen molar-refractivity contribution in [2.24, 2.45) is 5.41 Å². The van der Waals surface area contributed by atoms with Gasteiger partial charge in [-0.1, -0.05) is 29.8 Å². The van der Waals surface area contributed by atoms with Crippen LogP contribution in [0.2, 0.25) is 5.02 Å². The first-order valence-electron chi connectivity index (χ1n) is 9.11. The van der Waals surface area contributed by atoms with Gasteiger partial charge in [0.25, 0.3) is 0 Å². The molecule has 7 heteroatoms. The van der Waals surface area contributed by atoms with Gasteiger partial charge in [0.1, 0.15) is 6.04 Å². The lowest BCUT2D eigenvalue weighted by molar-refractivity contribution is -0.147. The van der Waals surface area contributed by atoms with E-state index in [9.17, 15) is 9.59 Å². The first-order chi connectivity index (χ1) is 13.2. The topological polar surface area (TPSA) is 55.8 Å². The summed E-state index contributed by atoms with van der Waals surface area (Å²) in [7, 11) is 1.39. The van der Waals surface area contributed by atoms with Crippen molar-refractivity contribution in [1.29, 1.82) is 0 Å². The third kappa shape index (κ3) is 4.40. The molecule has 0 spiro atoms. The number of fused-ring (bicyclic) bond motifs is 1. The Kier molecular flexibility index (Phi) is 6.12. The summed E-state index contributed by atoms with van der Waals surface area (Å²) in [6.45, 7) is 6.73. The molecule has 0 radical (unpaired) electrons. The van der Waals surface area contributed by atoms with Crippen LogP contribution in [0.15, 0.2) is 30.3 Å². The molecular formula is C21H24ClNO4S. The molecule has 1 atom stereocenters. The van der Waals surface area contributed by atoms with Gasteiger partial charge >= 0.3 is 11.9 Å². The molecule has 3 rings (SSSR count). The average Bonchev–Trinajstić information content (AvgIpc) is 3.04. The number of thiophene rings is 1. The number of ether oxygens (including phenoxy) is 2. The van der Waals surface area contributed by atoms with Crippen LogP contribution in [0.3, 0.4) is 0 Å². The molecule has 0 saturated carbocycles. The van der Waals surface area contributed by atoms with E-state index in [4.69, 9.17) is 21.1 Å². The lowest BCUT2D eigenvalue weighted by atomic mass is 9.97. The predicted molar refractivity (Wildman–Crippen MR) is 110 cm³/mol. The molecule has 1 aliphatic rings. The van der Waals surface area contributed by atoms with E-state index >= 15 is 0 Å². The summed E-state index contributed by atoms with van der Waals surface area (Å²) >= 11 is 7.85. The third-order valence-electron chi connectivity index (χ3n) is 4.67. The minimum atomic E-state index is -0.577. The van der Waals surface area contributed by atoms with Crippen LogP contribution in [-0.2, 0) is 27.3 Å². The molecule has 0 saturated heterocycles. The lowest BCUT2D eigenvalue weighted by Gasteiger charge is -2.33. The van der Waals surface area contributed by atoms with Crippen molar-refractivity contribution in [3.63, 3.8) is 0 Å². The Morgan fingerprint density at radius 3 is 2.61 bits per heavy atom. The Bertz CT molecular complexity index is 887. The van der Waals surface area contributed by atoms with Crippen molar-refractivity contribution in [3.8, 4) is 5.06 Å². The second-order valence-electron chi connectivity index (χ2n) is 7.82. The number of carbonyl (C=O) groups excluding carboxylic acids is 2. The van der Waals surface area contributed by atoms with Gasteiger partial charge in [-0.2, -0.15) is 0 Å². The van der Waals surface area contributed by atoms with Gasteiger partial charge in [-0.3, -0.25) is 9.69 Å². The standard InChI is InChI=1S/C21H24ClNO4S/c1-21(2,3)20(25)27-17-11-13-12-23(10-9-16(13)28-17)18(19(24)26-4)14-7-5-6-8-15(14)22/h5-8,11,18H,9-10,12H2,1-4H3. The first kappa shape index (κ1) is 20.8. The Morgan fingerprint density at radius 2 is 1.96 bits per heavy atom. The first-order valence-corrected chi connectivity index (χ1v) is 10.3. The highest BCUT2D eigenvalue weighted by Crippen LogP contribution is 2.38. The molecule has 0 bridgehead atoms. The van der Waals surface area contributed by atoms with Gasteiger partial charge in [0.15, 0.2) is 5.06 Å². The molecule has 1 aromatic heterocycles. The van der Waals surface area contributed by atoms with E-state index in [-0.39, 0.29) is 11.9 Å². The molecule has 0 fully saturated rings. The highest BCUT2D eigenvalue weighted by molar-refractivity contribution is 7.14. The summed E-state index contributed by atoms with van der Waals surface area (Å²) in [5.74, 6) is -0.599. The largest absolute Gasteiger partial charge is 0.468 e. The fourth-order valence-electron chi connectivity index (χ4n) is 3.12. The number of methoxy groups -OCH3 is 1. The Labute approximate surface area is 174 Å². The number of halogens is 1. The molecule has 5 nitrogen and oxygen atoms in total. The van der Waals surface area contributed by atoms with E-state index in [1.165, 1.54) is 23.3 Å². The van der Waals surface area contributed by atoms with E-state index in [0.29, 0.717) is 23.2 Å². The summed E-state index contributed by atoms with van der Waals surface area (Å²) < 4.78 is 10.6. The molecule has 2 heterocycles. The van der Waals surface area contributed by atoms with Gasteiger partial charge in [0, 0.05) is 23.0 Å². The summed E-state index contributed by atoms with van der Waals surface area (Å²) in [4.78, 5) is 27.9. The number of carbonyl (C=O) groups is 2. The van der Waals surface area contributed by atoms with E-state index < -0.39 is 11.5 Å². The zero-order chi connectivity index (χ0) is 20.5. The van der Waals surface area contributed by atoms with Gasteiger partial charge in [0.2, 0.25) is 0 Å². The highest BCUT2D eigenvalue weighted by Gasteiger charge is 2.34. The lowest BCUT2D eigenvalue weighted by Crippen LogP contribution is -2.38. The van der Waals surface area contributed by atoms with Crippen LogP contribution in [0.4, 0.5) is 0 Å². The van der Waals surface area contributed by atoms with Gasteiger partial charge in [0.05, 0.1) is 12.5 Å². The SMILES string of the molecule is COC(=O)C(c1ccccc1Cl)N1CCc2sc(OC(=O)C(C)(C)C)cc2C1. The van der Waals surface area contributed by atoms with Gasteiger partial charge in [-0.25, -0.2) is 4.79 Å². The van der Waals surface area contributed by atoms with Crippen LogP contribution in [-0.4, -0.2) is 30.5 Å². The van der Waals surface area contributed by atoms with Gasteiger partial charge in [-0.05, 0) is 50.5 Å². The smallest absolute Gasteiger partial charge is 0.327 e. The molecule has 1 unspecified atom stereocenters. The Balaban J connectivity index is 1.84. The van der Waals surface area contributed by atoms with Crippen molar-refractivity contribution in [2.75, 3.05) is 13.7 Å². The molecular weight excluding hydrogens is 398 g/mol. The summed E-state index contributed by atoms with van der Waals surface area (Å²) in [5.41, 5.74) is 1.24. The van der Waals surface area contributed by atoms with Crippen LogP contribution in [0.25, 0.3) is 0 Å². The quantitative estimate of drug-likeness (QED) is 0.674. The number of benzene rings is 1. The number of hydrogen-bond acceptors (Lipinski definition) is 6. The van der Waals surface area contributed by atoms with Crippen LogP contribution in [0, 0.1) is 5.41 Å². The van der Waals surface area contributed by atoms with Crippen LogP contribution >= 0.6 is 22.9 Å². The maximum Gasteiger partial charge on any atom is 0.327 e. The number of rotatable bonds is 4. The van der Waals surface area contributed by atoms with E-state index in [1.54, 1.807) is 6.07 Å². The van der Waals surface area contributed by atoms with Crippen molar-refractivity contribution in [3.05, 3.63) is 51.4 Å². The summed E-state index contributed by atoms with van der Waals surface area (Å²) in [6.07, 6.45) is 0.769. The zero-order valence-corrected chi connectivity index (χ0v) is 18.0. The fraction of sp³-hybridized carbons (Fsp3) is 0.429. The van der Waals surface area contributed by atoms with Gasteiger partial charge < -0.3 is 9.47 Å². The van der Waals surface area contributed by atoms with Crippen molar-refractivity contribution in [1.82, 2.24) is 4.90 Å². The number of hydrogen-bond donors (Lipinski definition) is 0. The second kappa shape index (κ2) is 8.23. The normalized spacial score (nSPS) is 15.6. The van der Waals surface area contributed by atoms with E-state index in [1.807, 2.05) is 45.0 Å². The molecule has 0 aliphatic carbocycles. The molecule has 150 valence electrons. The Morgan fingerprint density at radius 1 is 1.25 bits per heavy atom. The Hall–Kier alpha value is -1.89. The van der Waals surface area contributed by atoms with Crippen LogP contribution in [0.5, 0.6) is 5.06 Å². The molecule has 2 aromatic rings. The highest BCUT2D eigenvalue weighted by atomic mass is 35.5. The molecule has 0 N–H and O–H groups in total. The summed E-state index contributed by atoms with van der Waals surface area (Å²) in [6, 6.07) is 8.65. The number of esters is 2. The predicted octanol–water partition coefficient (Wildman–Crippen LogP) is 4.63. The summed E-state index contributed by atoms with van der Waals surface area (Å²) in [5, 5.41) is 1.13. The van der Waals surface area contributed by atoms with Crippen LogP contribution < -0.4 is 4.74 Å². The maximum absolute atomic E-state index is 12.5. The molecule has 1 aromatic carbocycles. The van der Waals surface area contributed by atoms with Crippen LogP contribution in [0.1, 0.15) is 42.8 Å². The minimum absolute atomic E-state index is 0.258. The third-order valence-corrected chi connectivity index (χ3v) is 6.13. The molecule has 1 aliphatic heterocycles. The molecule has 28 heavy (non-hydrogen) atoms. The van der Waals surface area contributed by atoms with Crippen molar-refractivity contribution >= 4 is 34.9 Å². The zero-order valence-electron chi connectivity index (χ0n) is 16.5. The second-order valence-corrected chi connectivity index (χ2v) is 9.33. The van der Waals surface area contributed by atoms with Crippen molar-refractivity contribution in [2.45, 2.75) is 39.8 Å². The monoisotopic (exact) mass is 421 g/mol. The molecule has 0 amide bonds. The average molecular weight is 422 g/mol. The van der Waals surface area contributed by atoms with E-state index in [2.05, 4.69) is 4.90 Å².